The van der Waals surface area contributed by atoms with Gasteiger partial charge < -0.3 is 19.1 Å². The number of hydrogen-bond acceptors (Lipinski definition) is 5. The lowest BCUT2D eigenvalue weighted by molar-refractivity contribution is -0.131. The highest BCUT2D eigenvalue weighted by Gasteiger charge is 2.29. The maximum atomic E-state index is 12.9. The molecule has 1 aromatic heterocycles. The van der Waals surface area contributed by atoms with E-state index >= 15 is 0 Å². The van der Waals surface area contributed by atoms with E-state index < -0.39 is 0 Å². The van der Waals surface area contributed by atoms with E-state index in [9.17, 15) is 4.79 Å². The third kappa shape index (κ3) is 4.04. The van der Waals surface area contributed by atoms with Crippen molar-refractivity contribution in [3.63, 3.8) is 0 Å². The molecular weight excluding hydrogens is 354 g/mol. The van der Waals surface area contributed by atoms with Gasteiger partial charge in [0.1, 0.15) is 17.4 Å². The van der Waals surface area contributed by atoms with Crippen LogP contribution in [-0.2, 0) is 24.2 Å². The van der Waals surface area contributed by atoms with Crippen LogP contribution in [0.2, 0.25) is 0 Å². The fourth-order valence-corrected chi connectivity index (χ4v) is 4.20. The summed E-state index contributed by atoms with van der Waals surface area (Å²) in [5.74, 6) is 3.42. The fraction of sp³-hybridized carbons (Fsp3) is 0.571. The number of piperidine rings is 1. The van der Waals surface area contributed by atoms with Crippen molar-refractivity contribution in [2.45, 2.75) is 38.1 Å². The molecule has 0 saturated carbocycles. The van der Waals surface area contributed by atoms with Crippen LogP contribution in [0.1, 0.15) is 36.0 Å². The first-order chi connectivity index (χ1) is 13.6. The monoisotopic (exact) mass is 383 g/mol. The van der Waals surface area contributed by atoms with Crippen molar-refractivity contribution in [2.75, 3.05) is 40.3 Å². The third-order valence-corrected chi connectivity index (χ3v) is 5.93. The second-order valence-electron chi connectivity index (χ2n) is 7.88. The molecule has 0 aliphatic carbocycles. The van der Waals surface area contributed by atoms with Gasteiger partial charge in [0.2, 0.25) is 5.91 Å². The van der Waals surface area contributed by atoms with E-state index in [0.29, 0.717) is 6.42 Å². The zero-order valence-electron chi connectivity index (χ0n) is 16.8. The number of methoxy groups -OCH3 is 1. The summed E-state index contributed by atoms with van der Waals surface area (Å²) in [7, 11) is 3.80. The number of hydrogen-bond donors (Lipinski definition) is 0. The van der Waals surface area contributed by atoms with Crippen LogP contribution in [-0.4, -0.2) is 70.8 Å². The number of rotatable bonds is 4. The Kier molecular flexibility index (Phi) is 5.62. The molecule has 1 atom stereocenters. The molecule has 1 saturated heterocycles. The summed E-state index contributed by atoms with van der Waals surface area (Å²) in [4.78, 5) is 17.2. The van der Waals surface area contributed by atoms with E-state index in [1.165, 1.54) is 0 Å². The summed E-state index contributed by atoms with van der Waals surface area (Å²) in [5, 5.41) is 8.98. The molecule has 0 N–H and O–H groups in total. The van der Waals surface area contributed by atoms with Crippen LogP contribution in [0.25, 0.3) is 0 Å². The molecule has 3 heterocycles. The molecule has 2 aliphatic heterocycles. The van der Waals surface area contributed by atoms with Crippen molar-refractivity contribution in [2.24, 2.45) is 0 Å². The minimum Gasteiger partial charge on any atom is -0.497 e. The van der Waals surface area contributed by atoms with Gasteiger partial charge in [-0.2, -0.15) is 0 Å². The number of amides is 1. The Balaban J connectivity index is 1.43. The van der Waals surface area contributed by atoms with Crippen molar-refractivity contribution in [3.05, 3.63) is 41.5 Å². The first kappa shape index (κ1) is 18.9. The molecule has 1 fully saturated rings. The summed E-state index contributed by atoms with van der Waals surface area (Å²) < 4.78 is 7.49. The fourth-order valence-electron chi connectivity index (χ4n) is 4.20. The number of nitrogens with zero attached hydrogens (tertiary/aromatic N) is 5. The lowest BCUT2D eigenvalue weighted by Crippen LogP contribution is -2.40. The largest absolute Gasteiger partial charge is 0.497 e. The molecular formula is C21H29N5O2. The maximum absolute atomic E-state index is 12.9. The minimum atomic E-state index is 0.185. The predicted molar refractivity (Wildman–Crippen MR) is 106 cm³/mol. The zero-order chi connectivity index (χ0) is 19.5. The van der Waals surface area contributed by atoms with Crippen LogP contribution < -0.4 is 4.74 Å². The number of ether oxygens (including phenoxy) is 1. The summed E-state index contributed by atoms with van der Waals surface area (Å²) in [6.07, 6.45) is 3.46. The van der Waals surface area contributed by atoms with Gasteiger partial charge in [-0.05, 0) is 37.6 Å². The molecule has 0 spiro atoms. The summed E-state index contributed by atoms with van der Waals surface area (Å²) in [6.45, 7) is 4.54. The smallest absolute Gasteiger partial charge is 0.227 e. The standard InChI is InChI=1S/C21H29N5O2/c1-24-11-9-19-22-23-21(26(19)13-12-24)17-4-3-10-25(15-17)20(27)14-16-5-7-18(28-2)8-6-16/h5-8,17H,3-4,9-15H2,1-2H3. The normalized spacial score (nSPS) is 20.5. The number of likely N-dealkylation sites (tertiary alicyclic amines) is 1. The molecule has 0 bridgehead atoms. The molecule has 150 valence electrons. The highest BCUT2D eigenvalue weighted by atomic mass is 16.5. The number of carbonyl (C=O) groups is 1. The molecule has 4 rings (SSSR count). The van der Waals surface area contributed by atoms with Gasteiger partial charge in [-0.15, -0.1) is 10.2 Å². The second kappa shape index (κ2) is 8.31. The van der Waals surface area contributed by atoms with Gasteiger partial charge >= 0.3 is 0 Å². The third-order valence-electron chi connectivity index (χ3n) is 5.93. The van der Waals surface area contributed by atoms with E-state index in [4.69, 9.17) is 4.74 Å². The Labute approximate surface area is 166 Å². The number of aromatic nitrogens is 3. The Morgan fingerprint density at radius 1 is 1.14 bits per heavy atom. The molecule has 1 aromatic carbocycles. The first-order valence-electron chi connectivity index (χ1n) is 10.2. The lowest BCUT2D eigenvalue weighted by atomic mass is 9.96. The molecule has 0 radical (unpaired) electrons. The van der Waals surface area contributed by atoms with Gasteiger partial charge in [0.25, 0.3) is 0 Å². The number of benzene rings is 1. The van der Waals surface area contributed by atoms with Crippen molar-refractivity contribution in [1.82, 2.24) is 24.6 Å². The Bertz CT molecular complexity index is 817. The van der Waals surface area contributed by atoms with Crippen molar-refractivity contribution < 1.29 is 9.53 Å². The van der Waals surface area contributed by atoms with Gasteiger partial charge in [0.05, 0.1) is 13.5 Å². The summed E-state index contributed by atoms with van der Waals surface area (Å²) in [6, 6.07) is 7.74. The first-order valence-corrected chi connectivity index (χ1v) is 10.2. The van der Waals surface area contributed by atoms with Crippen LogP contribution in [0.5, 0.6) is 5.75 Å². The molecule has 7 nitrogen and oxygen atoms in total. The molecule has 1 amide bonds. The molecule has 7 heteroatoms. The SMILES string of the molecule is COc1ccc(CC(=O)N2CCCC(c3nnc4n3CCN(C)CC4)C2)cc1. The highest BCUT2D eigenvalue weighted by Crippen LogP contribution is 2.27. The van der Waals surface area contributed by atoms with Gasteiger partial charge in [-0.1, -0.05) is 12.1 Å². The second-order valence-corrected chi connectivity index (χ2v) is 7.88. The minimum absolute atomic E-state index is 0.185. The van der Waals surface area contributed by atoms with Crippen LogP contribution in [0, 0.1) is 0 Å². The van der Waals surface area contributed by atoms with Crippen LogP contribution in [0.4, 0.5) is 0 Å². The molecule has 2 aliphatic rings. The van der Waals surface area contributed by atoms with Crippen molar-refractivity contribution in [3.8, 4) is 5.75 Å². The van der Waals surface area contributed by atoms with Crippen molar-refractivity contribution >= 4 is 5.91 Å². The Morgan fingerprint density at radius 2 is 1.96 bits per heavy atom. The van der Waals surface area contributed by atoms with Crippen LogP contribution in [0.15, 0.2) is 24.3 Å². The van der Waals surface area contributed by atoms with Crippen molar-refractivity contribution in [1.29, 1.82) is 0 Å². The number of fused-ring (bicyclic) bond motifs is 1. The van der Waals surface area contributed by atoms with Crippen LogP contribution in [0.3, 0.4) is 0 Å². The predicted octanol–water partition coefficient (Wildman–Crippen LogP) is 1.72. The van der Waals surface area contributed by atoms with E-state index in [1.54, 1.807) is 7.11 Å². The van der Waals surface area contributed by atoms with E-state index in [1.807, 2.05) is 29.2 Å². The van der Waals surface area contributed by atoms with Gasteiger partial charge in [-0.3, -0.25) is 4.79 Å². The lowest BCUT2D eigenvalue weighted by Gasteiger charge is -2.32. The number of carbonyl (C=O) groups excluding carboxylic acids is 1. The quantitative estimate of drug-likeness (QED) is 0.805. The Hall–Kier alpha value is -2.41. The maximum Gasteiger partial charge on any atom is 0.227 e. The van der Waals surface area contributed by atoms with Crippen LogP contribution >= 0.6 is 0 Å². The summed E-state index contributed by atoms with van der Waals surface area (Å²) >= 11 is 0. The molecule has 2 aromatic rings. The average Bonchev–Trinajstić information content (AvgIpc) is 3.05. The van der Waals surface area contributed by atoms with Gasteiger partial charge in [0.15, 0.2) is 0 Å². The molecule has 28 heavy (non-hydrogen) atoms. The Morgan fingerprint density at radius 3 is 2.75 bits per heavy atom. The zero-order valence-corrected chi connectivity index (χ0v) is 16.8. The summed E-state index contributed by atoms with van der Waals surface area (Å²) in [5.41, 5.74) is 1.02. The highest BCUT2D eigenvalue weighted by molar-refractivity contribution is 5.79. The topological polar surface area (TPSA) is 63.5 Å². The van der Waals surface area contributed by atoms with E-state index in [0.717, 1.165) is 74.9 Å². The average molecular weight is 383 g/mol. The van der Waals surface area contributed by atoms with Gasteiger partial charge in [-0.25, -0.2) is 0 Å². The van der Waals surface area contributed by atoms with E-state index in [2.05, 4.69) is 26.7 Å². The number of likely N-dealkylation sites (N-methyl/N-ethyl adjacent to an activating group) is 1. The molecule has 1 unspecified atom stereocenters. The van der Waals surface area contributed by atoms with Gasteiger partial charge in [0, 0.05) is 45.1 Å². The van der Waals surface area contributed by atoms with E-state index in [-0.39, 0.29) is 11.8 Å².